The second kappa shape index (κ2) is 11.0. The molecule has 0 saturated carbocycles. The molecule has 3 aromatic rings. The molecule has 0 bridgehead atoms. The summed E-state index contributed by atoms with van der Waals surface area (Å²) in [7, 11) is -2.56. The van der Waals surface area contributed by atoms with Crippen LogP contribution in [0.15, 0.2) is 70.5 Å². The predicted octanol–water partition coefficient (Wildman–Crippen LogP) is 3.61. The van der Waals surface area contributed by atoms with E-state index in [1.807, 2.05) is 0 Å². The second-order valence-electron chi connectivity index (χ2n) is 7.46. The first-order valence-corrected chi connectivity index (χ1v) is 13.1. The lowest BCUT2D eigenvalue weighted by Gasteiger charge is -2.13. The number of rotatable bonds is 8. The lowest BCUT2D eigenvalue weighted by Crippen LogP contribution is -2.36. The third-order valence-electron chi connectivity index (χ3n) is 4.88. The van der Waals surface area contributed by atoms with Crippen molar-refractivity contribution in [2.75, 3.05) is 23.7 Å². The molecular formula is C23H18ClN5O6S2. The first-order valence-electron chi connectivity index (χ1n) is 10.5. The number of anilines is 2. The molecule has 4 rings (SSSR count). The first-order chi connectivity index (χ1) is 17.6. The number of hydrogen-bond donors (Lipinski definition) is 2. The minimum absolute atomic E-state index is 0.000443. The number of imide groups is 1. The van der Waals surface area contributed by atoms with Crippen molar-refractivity contribution in [3.8, 4) is 5.88 Å². The maximum Gasteiger partial charge on any atom is 0.294 e. The van der Waals surface area contributed by atoms with Crippen LogP contribution < -0.4 is 14.8 Å². The van der Waals surface area contributed by atoms with Crippen LogP contribution in [-0.4, -0.2) is 54.2 Å². The van der Waals surface area contributed by atoms with Gasteiger partial charge >= 0.3 is 0 Å². The first kappa shape index (κ1) is 26.1. The zero-order valence-electron chi connectivity index (χ0n) is 19.0. The van der Waals surface area contributed by atoms with E-state index in [1.165, 1.54) is 43.5 Å². The molecule has 2 aromatic carbocycles. The summed E-state index contributed by atoms with van der Waals surface area (Å²) < 4.78 is 32.3. The quantitative estimate of drug-likeness (QED) is 0.395. The highest BCUT2D eigenvalue weighted by Crippen LogP contribution is 2.32. The number of hydrogen-bond acceptors (Lipinski definition) is 9. The van der Waals surface area contributed by atoms with Crippen molar-refractivity contribution in [3.05, 3.63) is 76.2 Å². The predicted molar refractivity (Wildman–Crippen MR) is 139 cm³/mol. The van der Waals surface area contributed by atoms with Crippen molar-refractivity contribution in [1.82, 2.24) is 15.1 Å². The van der Waals surface area contributed by atoms with Crippen LogP contribution in [0.5, 0.6) is 5.88 Å². The number of carbonyl (C=O) groups is 3. The highest BCUT2D eigenvalue weighted by molar-refractivity contribution is 8.18. The van der Waals surface area contributed by atoms with Crippen LogP contribution in [-0.2, 0) is 19.6 Å². The Bertz CT molecular complexity index is 1480. The summed E-state index contributed by atoms with van der Waals surface area (Å²) >= 11 is 6.59. The Balaban J connectivity index is 1.37. The molecule has 190 valence electrons. The minimum Gasteiger partial charge on any atom is -0.480 e. The number of nitrogens with one attached hydrogen (secondary N) is 2. The third-order valence-corrected chi connectivity index (χ3v) is 7.41. The summed E-state index contributed by atoms with van der Waals surface area (Å²) in [4.78, 5) is 38.4. The standard InChI is InChI=1S/C23H18ClN5O6S2/c1-35-21-11-10-19(26-27-21)28-37(33,34)17-8-6-16(7-9-17)25-20(30)13-29-22(31)18(36-23(29)32)12-14-2-4-15(24)5-3-14/h2-12H,13H2,1H3,(H,25,30)(H,26,28). The average molecular weight is 560 g/mol. The fourth-order valence-electron chi connectivity index (χ4n) is 3.09. The summed E-state index contributed by atoms with van der Waals surface area (Å²) in [6.07, 6.45) is 1.55. The van der Waals surface area contributed by atoms with E-state index in [9.17, 15) is 22.8 Å². The second-order valence-corrected chi connectivity index (χ2v) is 10.6. The van der Waals surface area contributed by atoms with Gasteiger partial charge in [-0.2, -0.15) is 0 Å². The van der Waals surface area contributed by atoms with Crippen LogP contribution >= 0.6 is 23.4 Å². The molecule has 1 saturated heterocycles. The monoisotopic (exact) mass is 559 g/mol. The number of sulfonamides is 1. The molecule has 1 fully saturated rings. The van der Waals surface area contributed by atoms with Crippen LogP contribution in [0.2, 0.25) is 5.02 Å². The summed E-state index contributed by atoms with van der Waals surface area (Å²) in [5.41, 5.74) is 0.958. The van der Waals surface area contributed by atoms with E-state index in [4.69, 9.17) is 16.3 Å². The topological polar surface area (TPSA) is 148 Å². The van der Waals surface area contributed by atoms with E-state index in [2.05, 4.69) is 20.2 Å². The largest absolute Gasteiger partial charge is 0.480 e. The van der Waals surface area contributed by atoms with Gasteiger partial charge in [-0.05, 0) is 65.9 Å². The van der Waals surface area contributed by atoms with E-state index >= 15 is 0 Å². The molecule has 0 aliphatic carbocycles. The van der Waals surface area contributed by atoms with Gasteiger partial charge in [-0.1, -0.05) is 23.7 Å². The van der Waals surface area contributed by atoms with Crippen molar-refractivity contribution in [1.29, 1.82) is 0 Å². The van der Waals surface area contributed by atoms with E-state index in [0.29, 0.717) is 10.6 Å². The SMILES string of the molecule is COc1ccc(NS(=O)(=O)c2ccc(NC(=O)CN3C(=O)SC(=Cc4ccc(Cl)cc4)C3=O)cc2)nn1. The zero-order valence-corrected chi connectivity index (χ0v) is 21.4. The number of carbonyl (C=O) groups excluding carboxylic acids is 3. The summed E-state index contributed by atoms with van der Waals surface area (Å²) in [5, 5.41) is 9.92. The zero-order chi connectivity index (χ0) is 26.6. The molecule has 1 aromatic heterocycles. The smallest absolute Gasteiger partial charge is 0.294 e. The highest BCUT2D eigenvalue weighted by atomic mass is 35.5. The summed E-state index contributed by atoms with van der Waals surface area (Å²) in [6.45, 7) is -0.500. The number of thioether (sulfide) groups is 1. The maximum absolute atomic E-state index is 12.6. The Hall–Kier alpha value is -3.94. The number of amides is 3. The van der Waals surface area contributed by atoms with E-state index in [-0.39, 0.29) is 27.2 Å². The van der Waals surface area contributed by atoms with Crippen LogP contribution in [0.4, 0.5) is 16.3 Å². The number of halogens is 1. The van der Waals surface area contributed by atoms with Gasteiger partial charge in [0.1, 0.15) is 6.54 Å². The van der Waals surface area contributed by atoms with Gasteiger partial charge in [-0.3, -0.25) is 24.0 Å². The average Bonchev–Trinajstić information content (AvgIpc) is 3.13. The van der Waals surface area contributed by atoms with E-state index in [1.54, 1.807) is 30.3 Å². The molecule has 37 heavy (non-hydrogen) atoms. The molecule has 11 nitrogen and oxygen atoms in total. The molecule has 2 heterocycles. The summed E-state index contributed by atoms with van der Waals surface area (Å²) in [6, 6.07) is 14.9. The van der Waals surface area contributed by atoms with Gasteiger partial charge in [0.05, 0.1) is 16.9 Å². The molecule has 1 aliphatic heterocycles. The van der Waals surface area contributed by atoms with Gasteiger partial charge < -0.3 is 10.1 Å². The van der Waals surface area contributed by atoms with Crippen molar-refractivity contribution >= 4 is 68.0 Å². The number of ether oxygens (including phenoxy) is 1. The molecule has 0 atom stereocenters. The lowest BCUT2D eigenvalue weighted by molar-refractivity contribution is -0.127. The molecule has 2 N–H and O–H groups in total. The number of nitrogens with zero attached hydrogens (tertiary/aromatic N) is 3. The molecular weight excluding hydrogens is 542 g/mol. The van der Waals surface area contributed by atoms with Crippen LogP contribution in [0.25, 0.3) is 6.08 Å². The highest BCUT2D eigenvalue weighted by Gasteiger charge is 2.36. The Morgan fingerprint density at radius 3 is 2.38 bits per heavy atom. The van der Waals surface area contributed by atoms with Crippen molar-refractivity contribution < 1.29 is 27.5 Å². The molecule has 0 unspecified atom stereocenters. The fourth-order valence-corrected chi connectivity index (χ4v) is 5.05. The van der Waals surface area contributed by atoms with Gasteiger partial charge in [-0.25, -0.2) is 8.42 Å². The van der Waals surface area contributed by atoms with Gasteiger partial charge in [0.2, 0.25) is 11.8 Å². The number of aromatic nitrogens is 2. The third kappa shape index (κ3) is 6.44. The molecule has 0 spiro atoms. The van der Waals surface area contributed by atoms with Gasteiger partial charge in [0, 0.05) is 16.8 Å². The minimum atomic E-state index is -3.97. The van der Waals surface area contributed by atoms with Crippen LogP contribution in [0, 0.1) is 0 Å². The van der Waals surface area contributed by atoms with E-state index < -0.39 is 33.6 Å². The Morgan fingerprint density at radius 2 is 1.76 bits per heavy atom. The maximum atomic E-state index is 12.6. The molecule has 1 aliphatic rings. The lowest BCUT2D eigenvalue weighted by atomic mass is 10.2. The van der Waals surface area contributed by atoms with Crippen molar-refractivity contribution in [3.63, 3.8) is 0 Å². The van der Waals surface area contributed by atoms with Crippen LogP contribution in [0.3, 0.4) is 0 Å². The van der Waals surface area contributed by atoms with E-state index in [0.717, 1.165) is 16.7 Å². The van der Waals surface area contributed by atoms with Gasteiger partial charge in [0.25, 0.3) is 21.2 Å². The van der Waals surface area contributed by atoms with Crippen molar-refractivity contribution in [2.24, 2.45) is 0 Å². The van der Waals surface area contributed by atoms with Gasteiger partial charge in [-0.15, -0.1) is 10.2 Å². The van der Waals surface area contributed by atoms with Crippen molar-refractivity contribution in [2.45, 2.75) is 4.90 Å². The Morgan fingerprint density at radius 1 is 1.05 bits per heavy atom. The normalized spacial score (nSPS) is 14.6. The summed E-state index contributed by atoms with van der Waals surface area (Å²) in [5.74, 6) is -0.986. The molecule has 3 amide bonds. The molecule has 14 heteroatoms. The van der Waals surface area contributed by atoms with Gasteiger partial charge in [0.15, 0.2) is 5.82 Å². The fraction of sp³-hybridized carbons (Fsp3) is 0.0870. The number of methoxy groups -OCH3 is 1. The Kier molecular flexibility index (Phi) is 7.76. The Labute approximate surface area is 220 Å². The van der Waals surface area contributed by atoms with Crippen LogP contribution in [0.1, 0.15) is 5.56 Å². The number of benzene rings is 2. The molecule has 0 radical (unpaired) electrons.